The highest BCUT2D eigenvalue weighted by Gasteiger charge is 2.15. The summed E-state index contributed by atoms with van der Waals surface area (Å²) in [4.78, 5) is 0. The van der Waals surface area contributed by atoms with Crippen LogP contribution in [0.15, 0.2) is 12.4 Å². The third-order valence-electron chi connectivity index (χ3n) is 6.69. The summed E-state index contributed by atoms with van der Waals surface area (Å²) in [7, 11) is 0. The lowest BCUT2D eigenvalue weighted by atomic mass is 10.1. The first-order valence-electron chi connectivity index (χ1n) is 13.9. The highest BCUT2D eigenvalue weighted by atomic mass is 15.1. The van der Waals surface area contributed by atoms with Gasteiger partial charge in [0.2, 0.25) is 0 Å². The summed E-state index contributed by atoms with van der Waals surface area (Å²) in [6.45, 7) is 9.21. The second-order valence-electron chi connectivity index (χ2n) is 9.45. The Morgan fingerprint density at radius 3 is 1.47 bits per heavy atom. The number of aromatic nitrogens is 2. The van der Waals surface area contributed by atoms with Crippen molar-refractivity contribution in [2.24, 2.45) is 0 Å². The van der Waals surface area contributed by atoms with Crippen LogP contribution in [0.1, 0.15) is 149 Å². The van der Waals surface area contributed by atoms with Gasteiger partial charge in [-0.25, -0.2) is 9.13 Å². The maximum atomic E-state index is 2.55. The summed E-state index contributed by atoms with van der Waals surface area (Å²) in [5.41, 5.74) is 0. The molecule has 0 saturated carbocycles. The molecule has 0 saturated heterocycles. The van der Waals surface area contributed by atoms with E-state index < -0.39 is 0 Å². The molecule has 0 radical (unpaired) electrons. The van der Waals surface area contributed by atoms with E-state index in [1.165, 1.54) is 135 Å². The maximum Gasteiger partial charge on any atom is 0.256 e. The van der Waals surface area contributed by atoms with Crippen LogP contribution < -0.4 is 4.57 Å². The highest BCUT2D eigenvalue weighted by molar-refractivity contribution is 4.83. The molecule has 0 bridgehead atoms. The Kier molecular flexibility index (Phi) is 18.3. The lowest BCUT2D eigenvalue weighted by Crippen LogP contribution is -2.37. The Hall–Kier alpha value is -0.790. The number of nitrogens with zero attached hydrogens (tertiary/aromatic N) is 2. The van der Waals surface area contributed by atoms with Crippen molar-refractivity contribution in [3.63, 3.8) is 0 Å². The standard InChI is InChI=1S/C28H55N2/c1-4-7-9-11-13-15-16-17-18-20-22-24-28-29(6-3)26-27-30(28)25-23-21-19-14-12-10-8-5-2/h26-27H,4-25H2,1-3H3/q+1. The van der Waals surface area contributed by atoms with Gasteiger partial charge in [0.25, 0.3) is 5.82 Å². The molecular formula is C28H55N2+. The van der Waals surface area contributed by atoms with Gasteiger partial charge in [-0.2, -0.15) is 0 Å². The van der Waals surface area contributed by atoms with Gasteiger partial charge in [-0.1, -0.05) is 117 Å². The molecule has 0 amide bonds. The van der Waals surface area contributed by atoms with Crippen molar-refractivity contribution in [1.29, 1.82) is 0 Å². The monoisotopic (exact) mass is 419 g/mol. The number of hydrogen-bond donors (Lipinski definition) is 0. The fourth-order valence-electron chi connectivity index (χ4n) is 4.64. The number of unbranched alkanes of at least 4 members (excludes halogenated alkanes) is 17. The van der Waals surface area contributed by atoms with E-state index in [9.17, 15) is 0 Å². The van der Waals surface area contributed by atoms with Gasteiger partial charge in [-0.3, -0.25) is 0 Å². The molecule has 0 fully saturated rings. The molecular weight excluding hydrogens is 364 g/mol. The van der Waals surface area contributed by atoms with Crippen molar-refractivity contribution in [2.75, 3.05) is 0 Å². The zero-order valence-corrected chi connectivity index (χ0v) is 21.1. The Morgan fingerprint density at radius 1 is 0.567 bits per heavy atom. The topological polar surface area (TPSA) is 8.81 Å². The molecule has 0 N–H and O–H groups in total. The van der Waals surface area contributed by atoms with E-state index in [4.69, 9.17) is 0 Å². The van der Waals surface area contributed by atoms with Crippen molar-refractivity contribution >= 4 is 0 Å². The molecule has 0 aliphatic heterocycles. The molecule has 0 aromatic carbocycles. The van der Waals surface area contributed by atoms with E-state index in [0.717, 1.165) is 6.54 Å². The van der Waals surface area contributed by atoms with Crippen molar-refractivity contribution in [3.8, 4) is 0 Å². The Morgan fingerprint density at radius 2 is 1.00 bits per heavy atom. The molecule has 2 nitrogen and oxygen atoms in total. The summed E-state index contributed by atoms with van der Waals surface area (Å²) >= 11 is 0. The van der Waals surface area contributed by atoms with Gasteiger partial charge in [0.15, 0.2) is 0 Å². The molecule has 1 aromatic rings. The van der Waals surface area contributed by atoms with Gasteiger partial charge in [0, 0.05) is 6.42 Å². The van der Waals surface area contributed by atoms with Crippen molar-refractivity contribution < 1.29 is 4.57 Å². The second kappa shape index (κ2) is 20.1. The van der Waals surface area contributed by atoms with Gasteiger partial charge in [0.05, 0.1) is 13.1 Å². The van der Waals surface area contributed by atoms with Gasteiger partial charge >= 0.3 is 0 Å². The van der Waals surface area contributed by atoms with Crippen molar-refractivity contribution in [1.82, 2.24) is 4.57 Å². The fourth-order valence-corrected chi connectivity index (χ4v) is 4.64. The van der Waals surface area contributed by atoms with E-state index in [2.05, 4.69) is 42.3 Å². The zero-order chi connectivity index (χ0) is 21.7. The van der Waals surface area contributed by atoms with Crippen LogP contribution in [0.3, 0.4) is 0 Å². The smallest absolute Gasteiger partial charge is 0.235 e. The molecule has 1 rings (SSSR count). The molecule has 176 valence electrons. The Labute approximate surface area is 189 Å². The molecule has 30 heavy (non-hydrogen) atoms. The highest BCUT2D eigenvalue weighted by Crippen LogP contribution is 2.13. The quantitative estimate of drug-likeness (QED) is 0.131. The summed E-state index contributed by atoms with van der Waals surface area (Å²) in [5.74, 6) is 1.57. The lowest BCUT2D eigenvalue weighted by molar-refractivity contribution is -0.704. The predicted molar refractivity (Wildman–Crippen MR) is 133 cm³/mol. The Balaban J connectivity index is 2.11. The summed E-state index contributed by atoms with van der Waals surface area (Å²) < 4.78 is 5.03. The van der Waals surface area contributed by atoms with Crippen LogP contribution in [0.5, 0.6) is 0 Å². The van der Waals surface area contributed by atoms with E-state index in [1.54, 1.807) is 5.82 Å². The average Bonchev–Trinajstić information content (AvgIpc) is 3.15. The molecule has 0 atom stereocenters. The predicted octanol–water partition coefficient (Wildman–Crippen LogP) is 8.79. The molecule has 0 aliphatic carbocycles. The summed E-state index contributed by atoms with van der Waals surface area (Å²) in [6, 6.07) is 0. The number of aryl methyl sites for hydroxylation is 2. The van der Waals surface area contributed by atoms with Crippen LogP contribution in [0.2, 0.25) is 0 Å². The minimum Gasteiger partial charge on any atom is -0.235 e. The van der Waals surface area contributed by atoms with Gasteiger partial charge in [0.1, 0.15) is 12.4 Å². The first kappa shape index (κ1) is 27.2. The number of imidazole rings is 1. The van der Waals surface area contributed by atoms with Gasteiger partial charge in [-0.05, 0) is 26.2 Å². The summed E-state index contributed by atoms with van der Waals surface area (Å²) in [6.07, 6.45) is 32.9. The lowest BCUT2D eigenvalue weighted by Gasteiger charge is -2.06. The van der Waals surface area contributed by atoms with E-state index in [-0.39, 0.29) is 0 Å². The summed E-state index contributed by atoms with van der Waals surface area (Å²) in [5, 5.41) is 0. The van der Waals surface area contributed by atoms with Crippen LogP contribution in [-0.2, 0) is 19.5 Å². The molecule has 0 aliphatic rings. The van der Waals surface area contributed by atoms with Crippen LogP contribution in [0, 0.1) is 0 Å². The van der Waals surface area contributed by atoms with Crippen LogP contribution in [-0.4, -0.2) is 4.57 Å². The first-order chi connectivity index (χ1) is 14.8. The van der Waals surface area contributed by atoms with E-state index >= 15 is 0 Å². The van der Waals surface area contributed by atoms with Crippen molar-refractivity contribution in [2.45, 2.75) is 162 Å². The third-order valence-corrected chi connectivity index (χ3v) is 6.69. The van der Waals surface area contributed by atoms with E-state index in [1.807, 2.05) is 0 Å². The van der Waals surface area contributed by atoms with Gasteiger partial charge < -0.3 is 0 Å². The zero-order valence-electron chi connectivity index (χ0n) is 21.1. The largest absolute Gasteiger partial charge is 0.256 e. The first-order valence-corrected chi connectivity index (χ1v) is 13.9. The fraction of sp³-hybridized carbons (Fsp3) is 0.893. The average molecular weight is 420 g/mol. The third kappa shape index (κ3) is 13.5. The Bertz CT molecular complexity index is 477. The molecule has 0 spiro atoms. The number of rotatable bonds is 22. The molecule has 1 heterocycles. The van der Waals surface area contributed by atoms with Crippen LogP contribution in [0.4, 0.5) is 0 Å². The van der Waals surface area contributed by atoms with E-state index in [0.29, 0.717) is 0 Å². The molecule has 2 heteroatoms. The minimum absolute atomic E-state index is 1.11. The second-order valence-corrected chi connectivity index (χ2v) is 9.45. The molecule has 1 aromatic heterocycles. The van der Waals surface area contributed by atoms with Crippen molar-refractivity contribution in [3.05, 3.63) is 18.2 Å². The molecule has 0 unspecified atom stereocenters. The normalized spacial score (nSPS) is 11.4. The minimum atomic E-state index is 1.11. The SMILES string of the molecule is CCCCCCCCCCCCCc1n(CC)cc[n+]1CCCCCCCCCC. The van der Waals surface area contributed by atoms with Crippen LogP contribution >= 0.6 is 0 Å². The van der Waals surface area contributed by atoms with Gasteiger partial charge in [-0.15, -0.1) is 0 Å². The number of hydrogen-bond acceptors (Lipinski definition) is 0. The van der Waals surface area contributed by atoms with Crippen LogP contribution in [0.25, 0.3) is 0 Å². The maximum absolute atomic E-state index is 2.55.